The number of aryl methyl sites for hydroxylation is 2. The lowest BCUT2D eigenvalue weighted by Gasteiger charge is -2.26. The van der Waals surface area contributed by atoms with Gasteiger partial charge < -0.3 is 14.8 Å². The molecule has 2 N–H and O–H groups in total. The monoisotopic (exact) mass is 452 g/mol. The highest BCUT2D eigenvalue weighted by atomic mass is 32.2. The number of para-hydroxylation sites is 2. The van der Waals surface area contributed by atoms with E-state index >= 15 is 0 Å². The molecule has 0 aromatic heterocycles. The van der Waals surface area contributed by atoms with Gasteiger partial charge in [0.15, 0.2) is 11.5 Å². The van der Waals surface area contributed by atoms with Gasteiger partial charge in [-0.1, -0.05) is 18.2 Å². The Morgan fingerprint density at radius 1 is 0.969 bits per heavy atom. The Hall–Kier alpha value is -3.52. The molecule has 1 atom stereocenters. The highest BCUT2D eigenvalue weighted by Gasteiger charge is 2.21. The molecule has 0 radical (unpaired) electrons. The van der Waals surface area contributed by atoms with Crippen LogP contribution < -0.4 is 19.5 Å². The molecule has 0 fully saturated rings. The number of rotatable bonds is 6. The number of anilines is 1. The zero-order valence-electron chi connectivity index (χ0n) is 17.8. The highest BCUT2D eigenvalue weighted by molar-refractivity contribution is 7.92. The fourth-order valence-corrected chi connectivity index (χ4v) is 4.33. The first-order valence-electron chi connectivity index (χ1n) is 10.2. The molecule has 166 valence electrons. The van der Waals surface area contributed by atoms with Crippen molar-refractivity contribution >= 4 is 21.6 Å². The second-order valence-corrected chi connectivity index (χ2v) is 9.32. The second kappa shape index (κ2) is 8.92. The maximum Gasteiger partial charge on any atom is 0.261 e. The van der Waals surface area contributed by atoms with Crippen LogP contribution in [0.3, 0.4) is 0 Å². The Morgan fingerprint density at radius 2 is 1.69 bits per heavy atom. The number of sulfonamides is 1. The number of amides is 1. The summed E-state index contributed by atoms with van der Waals surface area (Å²) in [5, 5.41) is 2.80. The molecule has 1 unspecified atom stereocenters. The lowest BCUT2D eigenvalue weighted by molar-refractivity contribution is 0.0789. The number of hydrogen-bond acceptors (Lipinski definition) is 5. The van der Waals surface area contributed by atoms with Crippen LogP contribution in [-0.4, -0.2) is 33.6 Å². The minimum Gasteiger partial charge on any atom is -0.486 e. The van der Waals surface area contributed by atoms with Gasteiger partial charge in [-0.15, -0.1) is 0 Å². The van der Waals surface area contributed by atoms with Gasteiger partial charge in [0.05, 0.1) is 11.4 Å². The van der Waals surface area contributed by atoms with Crippen molar-refractivity contribution < 1.29 is 22.7 Å². The Balaban J connectivity index is 1.36. The molecule has 1 aliphatic heterocycles. The van der Waals surface area contributed by atoms with E-state index in [9.17, 15) is 13.2 Å². The van der Waals surface area contributed by atoms with Gasteiger partial charge in [-0.25, -0.2) is 8.42 Å². The lowest BCUT2D eigenvalue weighted by Crippen LogP contribution is -2.40. The third kappa shape index (κ3) is 4.86. The molecule has 0 saturated carbocycles. The zero-order valence-corrected chi connectivity index (χ0v) is 18.6. The number of nitrogens with one attached hydrogen (secondary N) is 2. The van der Waals surface area contributed by atoms with Gasteiger partial charge in [-0.2, -0.15) is 0 Å². The topological polar surface area (TPSA) is 93.7 Å². The van der Waals surface area contributed by atoms with Crippen LogP contribution in [-0.2, 0) is 10.0 Å². The van der Waals surface area contributed by atoms with Crippen LogP contribution in [0.4, 0.5) is 5.69 Å². The molecule has 8 heteroatoms. The number of carbonyl (C=O) groups excluding carboxylic acids is 1. The summed E-state index contributed by atoms with van der Waals surface area (Å²) in [6.45, 7) is 4.48. The summed E-state index contributed by atoms with van der Waals surface area (Å²) >= 11 is 0. The fraction of sp³-hybridized carbons (Fsp3) is 0.208. The van der Waals surface area contributed by atoms with Gasteiger partial charge in [0, 0.05) is 11.3 Å². The largest absolute Gasteiger partial charge is 0.486 e. The summed E-state index contributed by atoms with van der Waals surface area (Å²) in [6, 6.07) is 18.5. The Bertz CT molecular complexity index is 1240. The predicted molar refractivity (Wildman–Crippen MR) is 122 cm³/mol. The molecule has 4 rings (SSSR count). The number of hydrogen-bond donors (Lipinski definition) is 2. The maximum atomic E-state index is 12.7. The Kier molecular flexibility index (Phi) is 6.05. The van der Waals surface area contributed by atoms with Crippen molar-refractivity contribution in [3.8, 4) is 11.5 Å². The van der Waals surface area contributed by atoms with Crippen LogP contribution in [0.2, 0.25) is 0 Å². The summed E-state index contributed by atoms with van der Waals surface area (Å²) in [5.41, 5.74) is 2.92. The van der Waals surface area contributed by atoms with Crippen LogP contribution in [0.5, 0.6) is 11.5 Å². The molecule has 1 amide bonds. The quantitative estimate of drug-likeness (QED) is 0.595. The third-order valence-corrected chi connectivity index (χ3v) is 6.64. The molecular weight excluding hydrogens is 428 g/mol. The number of carbonyl (C=O) groups is 1. The molecule has 1 heterocycles. The van der Waals surface area contributed by atoms with Gasteiger partial charge in [0.1, 0.15) is 12.7 Å². The van der Waals surface area contributed by atoms with E-state index in [1.165, 1.54) is 24.3 Å². The van der Waals surface area contributed by atoms with Crippen molar-refractivity contribution in [1.82, 2.24) is 5.32 Å². The van der Waals surface area contributed by atoms with E-state index in [-0.39, 0.29) is 23.5 Å². The molecule has 0 aliphatic carbocycles. The van der Waals surface area contributed by atoms with Gasteiger partial charge in [-0.3, -0.25) is 9.52 Å². The van der Waals surface area contributed by atoms with Gasteiger partial charge in [-0.05, 0) is 73.5 Å². The minimum absolute atomic E-state index is 0.0768. The van der Waals surface area contributed by atoms with Crippen LogP contribution in [0, 0.1) is 13.8 Å². The molecule has 3 aromatic rings. The second-order valence-electron chi connectivity index (χ2n) is 7.64. The van der Waals surface area contributed by atoms with E-state index in [4.69, 9.17) is 9.47 Å². The molecule has 0 saturated heterocycles. The normalized spacial score (nSPS) is 15.1. The first kappa shape index (κ1) is 21.7. The van der Waals surface area contributed by atoms with Crippen molar-refractivity contribution in [1.29, 1.82) is 0 Å². The van der Waals surface area contributed by atoms with Gasteiger partial charge >= 0.3 is 0 Å². The number of ether oxygens (including phenoxy) is 2. The van der Waals surface area contributed by atoms with Crippen molar-refractivity contribution in [2.24, 2.45) is 0 Å². The molecule has 0 bridgehead atoms. The average molecular weight is 453 g/mol. The first-order valence-corrected chi connectivity index (χ1v) is 11.7. The van der Waals surface area contributed by atoms with E-state index in [1.54, 1.807) is 12.1 Å². The van der Waals surface area contributed by atoms with Crippen LogP contribution in [0.1, 0.15) is 21.5 Å². The van der Waals surface area contributed by atoms with Crippen LogP contribution in [0.15, 0.2) is 71.6 Å². The number of fused-ring (bicyclic) bond motifs is 1. The van der Waals surface area contributed by atoms with E-state index in [2.05, 4.69) is 10.0 Å². The summed E-state index contributed by atoms with van der Waals surface area (Å²) in [6.07, 6.45) is -0.310. The van der Waals surface area contributed by atoms with Crippen molar-refractivity contribution in [3.05, 3.63) is 83.4 Å². The van der Waals surface area contributed by atoms with Gasteiger partial charge in [0.2, 0.25) is 0 Å². The molecule has 7 nitrogen and oxygen atoms in total. The molecule has 0 spiro atoms. The van der Waals surface area contributed by atoms with Crippen molar-refractivity contribution in [2.75, 3.05) is 17.9 Å². The summed E-state index contributed by atoms with van der Waals surface area (Å²) in [7, 11) is -3.76. The van der Waals surface area contributed by atoms with E-state index in [0.717, 1.165) is 11.1 Å². The molecule has 1 aliphatic rings. The van der Waals surface area contributed by atoms with E-state index in [0.29, 0.717) is 29.4 Å². The summed E-state index contributed by atoms with van der Waals surface area (Å²) in [4.78, 5) is 12.6. The predicted octanol–water partition coefficient (Wildman–Crippen LogP) is 3.67. The van der Waals surface area contributed by atoms with Crippen LogP contribution >= 0.6 is 0 Å². The standard InChI is InChI=1S/C24H24N2O5S/c1-16-7-10-19(13-17(16)2)26-32(28,29)21-11-8-18(9-12-21)24(27)25-14-20-15-30-22-5-3-4-6-23(22)31-20/h3-13,20,26H,14-15H2,1-2H3,(H,25,27). The SMILES string of the molecule is Cc1ccc(NS(=O)(=O)c2ccc(C(=O)NCC3COc4ccccc4O3)cc2)cc1C. The Labute approximate surface area is 187 Å². The first-order chi connectivity index (χ1) is 15.3. The lowest BCUT2D eigenvalue weighted by atomic mass is 10.1. The van der Waals surface area contributed by atoms with E-state index in [1.807, 2.05) is 44.2 Å². The van der Waals surface area contributed by atoms with Crippen LogP contribution in [0.25, 0.3) is 0 Å². The number of benzene rings is 3. The van der Waals surface area contributed by atoms with Crippen molar-refractivity contribution in [2.45, 2.75) is 24.8 Å². The molecule has 32 heavy (non-hydrogen) atoms. The zero-order chi connectivity index (χ0) is 22.7. The highest BCUT2D eigenvalue weighted by Crippen LogP contribution is 2.30. The van der Waals surface area contributed by atoms with Crippen molar-refractivity contribution in [3.63, 3.8) is 0 Å². The maximum absolute atomic E-state index is 12.7. The smallest absolute Gasteiger partial charge is 0.261 e. The minimum atomic E-state index is -3.76. The summed E-state index contributed by atoms with van der Waals surface area (Å²) < 4.78 is 39.4. The molecule has 3 aromatic carbocycles. The summed E-state index contributed by atoms with van der Waals surface area (Å²) in [5.74, 6) is 1.00. The van der Waals surface area contributed by atoms with Gasteiger partial charge in [0.25, 0.3) is 15.9 Å². The molecular formula is C24H24N2O5S. The average Bonchev–Trinajstić information content (AvgIpc) is 2.79. The van der Waals surface area contributed by atoms with E-state index < -0.39 is 10.0 Å². The Morgan fingerprint density at radius 3 is 2.41 bits per heavy atom. The third-order valence-electron chi connectivity index (χ3n) is 5.24. The fourth-order valence-electron chi connectivity index (χ4n) is 3.28.